The molecule has 256 valence electrons. The predicted molar refractivity (Wildman–Crippen MR) is 213 cm³/mol. The van der Waals surface area contributed by atoms with Gasteiger partial charge in [0.1, 0.15) is 0 Å². The van der Waals surface area contributed by atoms with Crippen LogP contribution in [0.5, 0.6) is 0 Å². The molecule has 0 aromatic heterocycles. The fourth-order valence-corrected chi connectivity index (χ4v) is 10.3. The number of hydrogen-bond acceptors (Lipinski definition) is 1. The minimum Gasteiger partial charge on any atom is -0.310 e. The van der Waals surface area contributed by atoms with Gasteiger partial charge in [0.05, 0.1) is 0 Å². The molecule has 0 aliphatic heterocycles. The van der Waals surface area contributed by atoms with Crippen molar-refractivity contribution in [2.45, 2.75) is 115 Å². The van der Waals surface area contributed by atoms with Crippen LogP contribution in [-0.4, -0.2) is 0 Å². The Morgan fingerprint density at radius 1 is 0.440 bits per heavy atom. The lowest BCUT2D eigenvalue weighted by molar-refractivity contribution is 0.443. The van der Waals surface area contributed by atoms with Gasteiger partial charge >= 0.3 is 0 Å². The Morgan fingerprint density at radius 3 is 1.28 bits per heavy atom. The maximum absolute atomic E-state index is 7.07. The van der Waals surface area contributed by atoms with Gasteiger partial charge in [-0.3, -0.25) is 0 Å². The van der Waals surface area contributed by atoms with E-state index in [4.69, 9.17) is 11.6 Å². The van der Waals surface area contributed by atoms with Crippen molar-refractivity contribution >= 4 is 28.7 Å². The van der Waals surface area contributed by atoms with Crippen molar-refractivity contribution in [1.29, 1.82) is 0 Å². The third-order valence-corrected chi connectivity index (χ3v) is 13.2. The van der Waals surface area contributed by atoms with Crippen LogP contribution in [0.1, 0.15) is 143 Å². The van der Waals surface area contributed by atoms with E-state index in [1.807, 2.05) is 0 Å². The zero-order chi connectivity index (χ0) is 35.2. The molecule has 0 amide bonds. The fourth-order valence-electron chi connectivity index (χ4n) is 10.0. The van der Waals surface area contributed by atoms with Crippen LogP contribution < -0.4 is 4.90 Å². The van der Waals surface area contributed by atoms with Crippen LogP contribution >= 0.6 is 11.6 Å². The average molecular weight is 678 g/mol. The zero-order valence-corrected chi connectivity index (χ0v) is 32.0. The Morgan fingerprint density at radius 2 is 0.840 bits per heavy atom. The van der Waals surface area contributed by atoms with Crippen LogP contribution in [-0.2, 0) is 21.7 Å². The number of anilines is 3. The van der Waals surface area contributed by atoms with E-state index in [9.17, 15) is 0 Å². The molecule has 3 aliphatic rings. The number of halogens is 1. The smallest absolute Gasteiger partial charge is 0.0479 e. The lowest BCUT2D eigenvalue weighted by Crippen LogP contribution is -2.37. The first-order chi connectivity index (χ1) is 23.7. The van der Waals surface area contributed by atoms with Gasteiger partial charge in [-0.1, -0.05) is 147 Å². The molecule has 0 spiro atoms. The summed E-state index contributed by atoms with van der Waals surface area (Å²) in [6.45, 7) is 19.1. The minimum atomic E-state index is -0.143. The lowest BCUT2D eigenvalue weighted by atomic mass is 9.60. The standard InChI is InChI=1S/C48H52ClN/c1-45(2)37-18-12-14-20-39(37)47(5,6)43-29-34(22-24-41(43)45)50(36-27-32(26-33(49)28-36)31-16-10-9-11-17-31)35-23-25-42-44(30-35)48(7,8)40-21-15-13-19-38(40)46(42,3)4/h12-15,18-31H,9-11,16-17H2,1-8H3. The van der Waals surface area contributed by atoms with Gasteiger partial charge in [-0.2, -0.15) is 0 Å². The molecule has 5 aromatic carbocycles. The van der Waals surface area contributed by atoms with Crippen LogP contribution in [0, 0.1) is 0 Å². The molecule has 0 atom stereocenters. The summed E-state index contributed by atoms with van der Waals surface area (Å²) in [6.07, 6.45) is 6.41. The monoisotopic (exact) mass is 677 g/mol. The second-order valence-corrected chi connectivity index (χ2v) is 17.9. The topological polar surface area (TPSA) is 3.24 Å². The average Bonchev–Trinajstić information content (AvgIpc) is 3.11. The highest BCUT2D eigenvalue weighted by Crippen LogP contribution is 2.54. The highest BCUT2D eigenvalue weighted by Gasteiger charge is 2.43. The maximum atomic E-state index is 7.07. The molecule has 0 heterocycles. The van der Waals surface area contributed by atoms with Crippen molar-refractivity contribution in [3.05, 3.63) is 158 Å². The molecule has 8 rings (SSSR count). The van der Waals surface area contributed by atoms with E-state index in [0.717, 1.165) is 10.7 Å². The lowest BCUT2D eigenvalue weighted by Gasteiger charge is -2.45. The Hall–Kier alpha value is -3.81. The van der Waals surface area contributed by atoms with E-state index in [2.05, 4.69) is 163 Å². The van der Waals surface area contributed by atoms with Gasteiger partial charge in [0, 0.05) is 43.7 Å². The van der Waals surface area contributed by atoms with Crippen LogP contribution in [0.4, 0.5) is 17.1 Å². The Labute approximate surface area is 305 Å². The molecule has 0 N–H and O–H groups in total. The van der Waals surface area contributed by atoms with Crippen molar-refractivity contribution in [2.75, 3.05) is 4.90 Å². The van der Waals surface area contributed by atoms with Crippen LogP contribution in [0.15, 0.2) is 103 Å². The summed E-state index contributed by atoms with van der Waals surface area (Å²) in [5, 5.41) is 0.815. The van der Waals surface area contributed by atoms with E-state index in [1.54, 1.807) is 0 Å². The van der Waals surface area contributed by atoms with Crippen LogP contribution in [0.2, 0.25) is 5.02 Å². The highest BCUT2D eigenvalue weighted by atomic mass is 35.5. The zero-order valence-electron chi connectivity index (χ0n) is 31.3. The van der Waals surface area contributed by atoms with Gasteiger partial charge in [-0.05, 0) is 111 Å². The van der Waals surface area contributed by atoms with Crippen molar-refractivity contribution < 1.29 is 0 Å². The number of rotatable bonds is 4. The fraction of sp³-hybridized carbons (Fsp3) is 0.375. The highest BCUT2D eigenvalue weighted by molar-refractivity contribution is 6.31. The van der Waals surface area contributed by atoms with Crippen LogP contribution in [0.3, 0.4) is 0 Å². The van der Waals surface area contributed by atoms with E-state index < -0.39 is 0 Å². The molecular formula is C48H52ClN. The Balaban J connectivity index is 1.35. The quantitative estimate of drug-likeness (QED) is 0.183. The molecule has 1 nitrogen and oxygen atoms in total. The van der Waals surface area contributed by atoms with Gasteiger partial charge in [-0.25, -0.2) is 0 Å². The molecule has 5 aromatic rings. The molecule has 2 heteroatoms. The Bertz CT molecular complexity index is 2000. The maximum Gasteiger partial charge on any atom is 0.0479 e. The van der Waals surface area contributed by atoms with Crippen molar-refractivity contribution in [3.63, 3.8) is 0 Å². The molecule has 0 unspecified atom stereocenters. The number of hydrogen-bond donors (Lipinski definition) is 0. The van der Waals surface area contributed by atoms with Crippen molar-refractivity contribution in [3.8, 4) is 0 Å². The summed E-state index contributed by atoms with van der Waals surface area (Å²) < 4.78 is 0. The second kappa shape index (κ2) is 11.6. The molecule has 0 radical (unpaired) electrons. The molecular weight excluding hydrogens is 626 g/mol. The van der Waals surface area contributed by atoms with E-state index >= 15 is 0 Å². The van der Waals surface area contributed by atoms with Gasteiger partial charge in [0.15, 0.2) is 0 Å². The summed E-state index contributed by atoms with van der Waals surface area (Å²) >= 11 is 7.07. The molecule has 50 heavy (non-hydrogen) atoms. The Kier molecular flexibility index (Phi) is 7.74. The van der Waals surface area contributed by atoms with E-state index in [-0.39, 0.29) is 21.7 Å². The third-order valence-electron chi connectivity index (χ3n) is 13.0. The second-order valence-electron chi connectivity index (χ2n) is 17.5. The molecule has 3 aliphatic carbocycles. The number of nitrogens with zero attached hydrogens (tertiary/aromatic N) is 1. The SMILES string of the molecule is CC1(C)c2ccccc2C(C)(C)c2cc(N(c3cc(Cl)cc(C4CCCCC4)c3)c3ccc4c(c3)C(C)(C)c3ccccc3C4(C)C)ccc21. The van der Waals surface area contributed by atoms with E-state index in [0.29, 0.717) is 5.92 Å². The first-order valence-corrected chi connectivity index (χ1v) is 19.2. The minimum absolute atomic E-state index is 0.0934. The molecule has 0 bridgehead atoms. The summed E-state index contributed by atoms with van der Waals surface area (Å²) in [6, 6.07) is 39.5. The van der Waals surface area contributed by atoms with Gasteiger partial charge in [-0.15, -0.1) is 0 Å². The largest absolute Gasteiger partial charge is 0.310 e. The summed E-state index contributed by atoms with van der Waals surface area (Å²) in [4.78, 5) is 2.49. The van der Waals surface area contributed by atoms with Crippen LogP contribution in [0.25, 0.3) is 0 Å². The number of benzene rings is 5. The normalized spacial score (nSPS) is 19.5. The van der Waals surface area contributed by atoms with Crippen molar-refractivity contribution in [1.82, 2.24) is 0 Å². The summed E-state index contributed by atoms with van der Waals surface area (Å²) in [5.41, 5.74) is 15.7. The summed E-state index contributed by atoms with van der Waals surface area (Å²) in [7, 11) is 0. The third kappa shape index (κ3) is 5.02. The van der Waals surface area contributed by atoms with Gasteiger partial charge in [0.2, 0.25) is 0 Å². The first kappa shape index (κ1) is 33.3. The molecule has 1 fully saturated rings. The molecule has 0 saturated heterocycles. The first-order valence-electron chi connectivity index (χ1n) is 18.8. The summed E-state index contributed by atoms with van der Waals surface area (Å²) in [5.74, 6) is 0.558. The number of fused-ring (bicyclic) bond motifs is 4. The molecule has 1 saturated carbocycles. The van der Waals surface area contributed by atoms with E-state index in [1.165, 1.54) is 93.5 Å². The van der Waals surface area contributed by atoms with Gasteiger partial charge < -0.3 is 4.90 Å². The van der Waals surface area contributed by atoms with Crippen molar-refractivity contribution in [2.24, 2.45) is 0 Å². The predicted octanol–water partition coefficient (Wildman–Crippen LogP) is 13.8. The van der Waals surface area contributed by atoms with Gasteiger partial charge in [0.25, 0.3) is 0 Å².